The van der Waals surface area contributed by atoms with Crippen LogP contribution >= 0.6 is 0 Å². The molecule has 1 aliphatic rings. The Labute approximate surface area is 123 Å². The van der Waals surface area contributed by atoms with Gasteiger partial charge >= 0.3 is 5.69 Å². The van der Waals surface area contributed by atoms with E-state index in [-0.39, 0.29) is 5.69 Å². The molecule has 0 radical (unpaired) electrons. The Hall–Kier alpha value is -1.89. The maximum atomic E-state index is 11.5. The summed E-state index contributed by atoms with van der Waals surface area (Å²) in [4.78, 5) is 18.3. The van der Waals surface area contributed by atoms with E-state index in [2.05, 4.69) is 27.0 Å². The monoisotopic (exact) mass is 290 g/mol. The molecule has 114 valence electrons. The zero-order valence-corrected chi connectivity index (χ0v) is 12.3. The average molecular weight is 290 g/mol. The second-order valence-electron chi connectivity index (χ2n) is 5.77. The van der Waals surface area contributed by atoms with Gasteiger partial charge in [0.05, 0.1) is 0 Å². The van der Waals surface area contributed by atoms with Gasteiger partial charge in [-0.3, -0.25) is 0 Å². The van der Waals surface area contributed by atoms with E-state index >= 15 is 0 Å². The van der Waals surface area contributed by atoms with E-state index in [4.69, 9.17) is 5.73 Å². The number of nitrogens with zero attached hydrogens (tertiary/aromatic N) is 4. The van der Waals surface area contributed by atoms with Crippen molar-refractivity contribution in [1.29, 1.82) is 0 Å². The van der Waals surface area contributed by atoms with Crippen LogP contribution in [0.25, 0.3) is 5.65 Å². The Kier molecular flexibility index (Phi) is 3.92. The van der Waals surface area contributed by atoms with Crippen LogP contribution in [-0.2, 0) is 0 Å². The van der Waals surface area contributed by atoms with Gasteiger partial charge in [-0.2, -0.15) is 5.10 Å². The first kappa shape index (κ1) is 14.1. The van der Waals surface area contributed by atoms with Crippen LogP contribution in [0.3, 0.4) is 0 Å². The van der Waals surface area contributed by atoms with Gasteiger partial charge in [0.1, 0.15) is 12.1 Å². The highest BCUT2D eigenvalue weighted by atomic mass is 16.1. The number of nitrogens with two attached hydrogens (primary N) is 1. The van der Waals surface area contributed by atoms with Gasteiger partial charge in [0.15, 0.2) is 5.65 Å². The molecule has 3 rings (SSSR count). The van der Waals surface area contributed by atoms with Gasteiger partial charge in [-0.25, -0.2) is 19.3 Å². The summed E-state index contributed by atoms with van der Waals surface area (Å²) >= 11 is 0. The number of aromatic amines is 1. The molecule has 21 heavy (non-hydrogen) atoms. The van der Waals surface area contributed by atoms with Crippen molar-refractivity contribution in [1.82, 2.24) is 19.6 Å². The quantitative estimate of drug-likeness (QED) is 0.873. The van der Waals surface area contributed by atoms with E-state index in [0.717, 1.165) is 44.5 Å². The minimum atomic E-state index is -0.255. The normalized spacial score (nSPS) is 22.6. The Balaban J connectivity index is 1.89. The number of hydrogen-bond acceptors (Lipinski definition) is 5. The van der Waals surface area contributed by atoms with E-state index in [1.807, 2.05) is 6.07 Å². The predicted molar refractivity (Wildman–Crippen MR) is 81.5 cm³/mol. The van der Waals surface area contributed by atoms with E-state index in [0.29, 0.717) is 17.7 Å². The minimum absolute atomic E-state index is 0.255. The van der Waals surface area contributed by atoms with E-state index in [9.17, 15) is 4.79 Å². The molecule has 1 fully saturated rings. The van der Waals surface area contributed by atoms with Crippen molar-refractivity contribution < 1.29 is 0 Å². The molecule has 0 aliphatic heterocycles. The molecule has 7 heteroatoms. The summed E-state index contributed by atoms with van der Waals surface area (Å²) in [6, 6.07) is 2.69. The molecule has 2 heterocycles. The molecule has 0 saturated heterocycles. The number of fused-ring (bicyclic) bond motifs is 1. The highest BCUT2D eigenvalue weighted by Crippen LogP contribution is 2.26. The molecule has 3 N–H and O–H groups in total. The summed E-state index contributed by atoms with van der Waals surface area (Å²) in [6.45, 7) is 3.12. The third-order valence-corrected chi connectivity index (χ3v) is 4.24. The average Bonchev–Trinajstić information content (AvgIpc) is 2.87. The molecular formula is C14H22N6O. The lowest BCUT2D eigenvalue weighted by Crippen LogP contribution is -2.41. The fraction of sp³-hybridized carbons (Fsp3) is 0.643. The first-order chi connectivity index (χ1) is 10.2. The molecule has 0 spiro atoms. The summed E-state index contributed by atoms with van der Waals surface area (Å²) < 4.78 is 1.42. The Morgan fingerprint density at radius 2 is 2.19 bits per heavy atom. The summed E-state index contributed by atoms with van der Waals surface area (Å²) in [5.74, 6) is 0.892. The summed E-state index contributed by atoms with van der Waals surface area (Å²) in [7, 11) is 0. The van der Waals surface area contributed by atoms with Gasteiger partial charge in [-0.05, 0) is 32.1 Å². The fourth-order valence-electron chi connectivity index (χ4n) is 3.10. The lowest BCUT2D eigenvalue weighted by molar-refractivity contribution is 0.374. The number of nitrogens with one attached hydrogen (secondary N) is 1. The van der Waals surface area contributed by atoms with Gasteiger partial charge < -0.3 is 10.6 Å². The minimum Gasteiger partial charge on any atom is -0.353 e. The zero-order valence-electron chi connectivity index (χ0n) is 12.3. The van der Waals surface area contributed by atoms with Crippen LogP contribution in [0.1, 0.15) is 39.0 Å². The highest BCUT2D eigenvalue weighted by molar-refractivity contribution is 5.50. The zero-order chi connectivity index (χ0) is 14.8. The number of H-pyrrole nitrogens is 1. The predicted octanol–water partition coefficient (Wildman–Crippen LogP) is 0.904. The van der Waals surface area contributed by atoms with Gasteiger partial charge in [-0.15, -0.1) is 0 Å². The van der Waals surface area contributed by atoms with E-state index in [1.165, 1.54) is 4.40 Å². The molecule has 1 aliphatic carbocycles. The first-order valence-corrected chi connectivity index (χ1v) is 7.64. The topological polar surface area (TPSA) is 92.3 Å². The van der Waals surface area contributed by atoms with Crippen molar-refractivity contribution in [3.8, 4) is 0 Å². The van der Waals surface area contributed by atoms with Crippen LogP contribution in [0, 0.1) is 0 Å². The number of aromatic nitrogens is 4. The van der Waals surface area contributed by atoms with Gasteiger partial charge in [0.2, 0.25) is 0 Å². The molecule has 0 bridgehead atoms. The van der Waals surface area contributed by atoms with Crippen LogP contribution in [0.5, 0.6) is 0 Å². The van der Waals surface area contributed by atoms with Crippen molar-refractivity contribution in [3.63, 3.8) is 0 Å². The van der Waals surface area contributed by atoms with Crippen molar-refractivity contribution in [3.05, 3.63) is 22.9 Å². The molecule has 7 nitrogen and oxygen atoms in total. The van der Waals surface area contributed by atoms with Crippen LogP contribution in [-0.4, -0.2) is 38.2 Å². The SMILES string of the molecule is CCCN(c1cc2n[nH]c(=O)n2cn1)C1CCC(N)CC1. The Bertz CT molecular complexity index is 655. The summed E-state index contributed by atoms with van der Waals surface area (Å²) in [6.07, 6.45) is 6.93. The molecular weight excluding hydrogens is 268 g/mol. The van der Waals surface area contributed by atoms with Crippen LogP contribution < -0.4 is 16.3 Å². The van der Waals surface area contributed by atoms with Crippen molar-refractivity contribution in [2.75, 3.05) is 11.4 Å². The molecule has 0 atom stereocenters. The number of rotatable bonds is 4. The van der Waals surface area contributed by atoms with Crippen molar-refractivity contribution in [2.24, 2.45) is 5.73 Å². The first-order valence-electron chi connectivity index (χ1n) is 7.64. The molecule has 0 unspecified atom stereocenters. The summed E-state index contributed by atoms with van der Waals surface area (Å²) in [5, 5.41) is 6.46. The second-order valence-corrected chi connectivity index (χ2v) is 5.77. The Morgan fingerprint density at radius 3 is 2.90 bits per heavy atom. The van der Waals surface area contributed by atoms with Crippen molar-refractivity contribution in [2.45, 2.75) is 51.1 Å². The lowest BCUT2D eigenvalue weighted by atomic mass is 9.90. The van der Waals surface area contributed by atoms with Crippen LogP contribution in [0.15, 0.2) is 17.2 Å². The maximum Gasteiger partial charge on any atom is 0.348 e. The largest absolute Gasteiger partial charge is 0.353 e. The standard InChI is InChI=1S/C14H22N6O/c1-2-7-19(11-5-3-10(15)4-6-11)12-8-13-17-18-14(21)20(13)9-16-12/h8-11H,2-7,15H2,1H3,(H,18,21). The fourth-order valence-corrected chi connectivity index (χ4v) is 3.10. The molecule has 1 saturated carbocycles. The Morgan fingerprint density at radius 1 is 1.43 bits per heavy atom. The lowest BCUT2D eigenvalue weighted by Gasteiger charge is -2.36. The number of hydrogen-bond donors (Lipinski definition) is 2. The van der Waals surface area contributed by atoms with Gasteiger partial charge in [0, 0.05) is 24.7 Å². The van der Waals surface area contributed by atoms with Crippen LogP contribution in [0.4, 0.5) is 5.82 Å². The third kappa shape index (κ3) is 2.78. The highest BCUT2D eigenvalue weighted by Gasteiger charge is 2.25. The molecule has 2 aromatic rings. The van der Waals surface area contributed by atoms with Gasteiger partial charge in [0.25, 0.3) is 0 Å². The summed E-state index contributed by atoms with van der Waals surface area (Å²) in [5.41, 5.74) is 6.36. The van der Waals surface area contributed by atoms with E-state index in [1.54, 1.807) is 6.33 Å². The third-order valence-electron chi connectivity index (χ3n) is 4.24. The van der Waals surface area contributed by atoms with Gasteiger partial charge in [-0.1, -0.05) is 6.92 Å². The molecule has 0 amide bonds. The van der Waals surface area contributed by atoms with Crippen molar-refractivity contribution >= 4 is 11.5 Å². The van der Waals surface area contributed by atoms with Crippen LogP contribution in [0.2, 0.25) is 0 Å². The maximum absolute atomic E-state index is 11.5. The smallest absolute Gasteiger partial charge is 0.348 e. The number of anilines is 1. The molecule has 2 aromatic heterocycles. The van der Waals surface area contributed by atoms with E-state index < -0.39 is 0 Å². The second kappa shape index (κ2) is 5.85. The molecule has 0 aromatic carbocycles.